The van der Waals surface area contributed by atoms with Gasteiger partial charge >= 0.3 is 0 Å². The number of hydrogen-bond acceptors (Lipinski definition) is 6. The van der Waals surface area contributed by atoms with Gasteiger partial charge in [0.15, 0.2) is 0 Å². The number of anilines is 1. The molecule has 31 heavy (non-hydrogen) atoms. The first-order valence-electron chi connectivity index (χ1n) is 10.7. The second-order valence-corrected chi connectivity index (χ2v) is 8.59. The van der Waals surface area contributed by atoms with Crippen molar-refractivity contribution < 1.29 is 19.5 Å². The third kappa shape index (κ3) is 4.86. The molecule has 0 radical (unpaired) electrons. The van der Waals surface area contributed by atoms with Gasteiger partial charge in [-0.25, -0.2) is 10.5 Å². The molecule has 2 heterocycles. The Hall–Kier alpha value is -2.97. The lowest BCUT2D eigenvalue weighted by Crippen LogP contribution is -2.42. The smallest absolute Gasteiger partial charge is 0.246 e. The number of carbonyl (C=O) groups excluding carboxylic acids is 2. The Bertz CT molecular complexity index is 972. The molecule has 4 N–H and O–H groups in total. The predicted molar refractivity (Wildman–Crippen MR) is 115 cm³/mol. The number of hydroxylamine groups is 1. The van der Waals surface area contributed by atoms with Crippen LogP contribution in [0, 0.1) is 11.3 Å². The van der Waals surface area contributed by atoms with Crippen molar-refractivity contribution in [2.45, 2.75) is 39.0 Å². The van der Waals surface area contributed by atoms with Crippen molar-refractivity contribution in [3.63, 3.8) is 0 Å². The summed E-state index contributed by atoms with van der Waals surface area (Å²) in [6, 6.07) is 9.30. The molecule has 2 aromatic rings. The van der Waals surface area contributed by atoms with Crippen molar-refractivity contribution in [3.8, 4) is 11.5 Å². The van der Waals surface area contributed by atoms with Crippen LogP contribution in [0.25, 0.3) is 0 Å². The zero-order valence-corrected chi connectivity index (χ0v) is 17.6. The molecule has 1 aromatic heterocycles. The van der Waals surface area contributed by atoms with E-state index in [1.54, 1.807) is 23.8 Å². The first-order chi connectivity index (χ1) is 15.0. The van der Waals surface area contributed by atoms with Crippen LogP contribution < -0.4 is 20.9 Å². The average Bonchev–Trinajstić information content (AvgIpc) is 2.79. The van der Waals surface area contributed by atoms with Gasteiger partial charge in [-0.2, -0.15) is 0 Å². The molecule has 0 saturated carbocycles. The van der Waals surface area contributed by atoms with Crippen LogP contribution in [0.2, 0.25) is 0 Å². The van der Waals surface area contributed by atoms with E-state index in [9.17, 15) is 9.59 Å². The van der Waals surface area contributed by atoms with Gasteiger partial charge in [-0.1, -0.05) is 13.0 Å². The Kier molecular flexibility index (Phi) is 6.20. The maximum atomic E-state index is 12.8. The molecule has 1 atom stereocenters. The molecule has 2 amide bonds. The molecule has 4 rings (SSSR count). The van der Waals surface area contributed by atoms with Crippen molar-refractivity contribution in [3.05, 3.63) is 47.7 Å². The number of nitrogens with one attached hydrogen (secondary N) is 3. The van der Waals surface area contributed by atoms with E-state index >= 15 is 0 Å². The minimum absolute atomic E-state index is 0.0272. The number of aromatic nitrogens is 1. The summed E-state index contributed by atoms with van der Waals surface area (Å²) in [6.45, 7) is 3.65. The Morgan fingerprint density at radius 1 is 1.16 bits per heavy atom. The van der Waals surface area contributed by atoms with Crippen LogP contribution in [0.3, 0.4) is 0 Å². The number of aryl methyl sites for hydroxylation is 1. The molecule has 0 spiro atoms. The highest BCUT2D eigenvalue weighted by Crippen LogP contribution is 2.32. The summed E-state index contributed by atoms with van der Waals surface area (Å²) in [6.07, 6.45) is 5.24. The second-order valence-electron chi connectivity index (χ2n) is 8.59. The number of fused-ring (bicyclic) bond motifs is 1. The molecule has 1 unspecified atom stereocenters. The zero-order chi connectivity index (χ0) is 21.8. The highest BCUT2D eigenvalue weighted by atomic mass is 16.5. The lowest BCUT2D eigenvalue weighted by atomic mass is 9.80. The van der Waals surface area contributed by atoms with E-state index in [2.05, 4.69) is 15.6 Å². The van der Waals surface area contributed by atoms with E-state index in [0.717, 1.165) is 37.9 Å². The van der Waals surface area contributed by atoms with Gasteiger partial charge in [0.1, 0.15) is 17.3 Å². The Morgan fingerprint density at radius 2 is 1.94 bits per heavy atom. The first kappa shape index (κ1) is 21.3. The van der Waals surface area contributed by atoms with Crippen molar-refractivity contribution >= 4 is 17.6 Å². The number of piperidine rings is 1. The number of rotatable bonds is 5. The van der Waals surface area contributed by atoms with Gasteiger partial charge in [0.25, 0.3) is 0 Å². The van der Waals surface area contributed by atoms with Crippen molar-refractivity contribution in [1.82, 2.24) is 15.8 Å². The van der Waals surface area contributed by atoms with Gasteiger partial charge in [0, 0.05) is 23.6 Å². The summed E-state index contributed by atoms with van der Waals surface area (Å²) in [5.74, 6) is 1.06. The quantitative estimate of drug-likeness (QED) is 0.434. The minimum Gasteiger partial charge on any atom is -0.457 e. The normalized spacial score (nSPS) is 19.7. The average molecular weight is 425 g/mol. The molecule has 1 aromatic carbocycles. The van der Waals surface area contributed by atoms with Crippen LogP contribution >= 0.6 is 0 Å². The highest BCUT2D eigenvalue weighted by Gasteiger charge is 2.34. The summed E-state index contributed by atoms with van der Waals surface area (Å²) < 4.78 is 6.01. The molecular formula is C23H28N4O4. The lowest BCUT2D eigenvalue weighted by Gasteiger charge is -2.32. The third-order valence-corrected chi connectivity index (χ3v) is 6.35. The molecule has 2 aliphatic rings. The molecule has 1 aliphatic carbocycles. The molecule has 8 heteroatoms. The van der Waals surface area contributed by atoms with Gasteiger partial charge < -0.3 is 15.4 Å². The van der Waals surface area contributed by atoms with E-state index in [1.165, 1.54) is 5.56 Å². The fourth-order valence-electron chi connectivity index (χ4n) is 4.26. The van der Waals surface area contributed by atoms with E-state index in [1.807, 2.05) is 25.1 Å². The van der Waals surface area contributed by atoms with Gasteiger partial charge in [0.05, 0.1) is 0 Å². The Morgan fingerprint density at radius 3 is 2.71 bits per heavy atom. The maximum Gasteiger partial charge on any atom is 0.246 e. The number of benzene rings is 1. The third-order valence-electron chi connectivity index (χ3n) is 6.35. The fourth-order valence-corrected chi connectivity index (χ4v) is 4.26. The number of nitrogens with zero attached hydrogens (tertiary/aromatic N) is 1. The molecule has 1 aliphatic heterocycles. The van der Waals surface area contributed by atoms with Crippen molar-refractivity contribution in [2.75, 3.05) is 18.4 Å². The number of pyridine rings is 1. The maximum absolute atomic E-state index is 12.8. The Balaban J connectivity index is 1.44. The molecular weight excluding hydrogens is 396 g/mol. The van der Waals surface area contributed by atoms with E-state index in [0.29, 0.717) is 30.2 Å². The van der Waals surface area contributed by atoms with Crippen LogP contribution in [-0.4, -0.2) is 35.1 Å². The van der Waals surface area contributed by atoms with Crippen LogP contribution in [0.4, 0.5) is 5.82 Å². The first-order valence-corrected chi connectivity index (χ1v) is 10.7. The summed E-state index contributed by atoms with van der Waals surface area (Å²) in [5, 5.41) is 15.1. The summed E-state index contributed by atoms with van der Waals surface area (Å²) in [5.41, 5.74) is 3.58. The molecule has 164 valence electrons. The van der Waals surface area contributed by atoms with Gasteiger partial charge in [-0.3, -0.25) is 14.8 Å². The molecule has 1 fully saturated rings. The van der Waals surface area contributed by atoms with Crippen LogP contribution in [0.15, 0.2) is 36.5 Å². The topological polar surface area (TPSA) is 113 Å². The zero-order valence-electron chi connectivity index (χ0n) is 17.6. The summed E-state index contributed by atoms with van der Waals surface area (Å²) in [4.78, 5) is 28.8. The van der Waals surface area contributed by atoms with Gasteiger partial charge in [-0.05, 0) is 74.5 Å². The molecule has 1 saturated heterocycles. The standard InChI is InChI=1S/C23H28N4O4/c1-23(7-10-24-11-8-23)22(29)26-20-14-19(6-9-25-20)31-18-5-4-15-2-3-16(21(28)27-30)12-17(15)13-18/h4-6,9,13-14,16,24,30H,2-3,7-8,10-12H2,1H3,(H,27,28)(H,25,26,29). The lowest BCUT2D eigenvalue weighted by molar-refractivity contribution is -0.133. The monoisotopic (exact) mass is 424 g/mol. The minimum atomic E-state index is -0.403. The SMILES string of the molecule is CC1(C(=O)Nc2cc(Oc3ccc4c(c3)CC(C(=O)NO)CC4)ccn2)CCNCC1. The number of carbonyl (C=O) groups is 2. The largest absolute Gasteiger partial charge is 0.457 e. The van der Waals surface area contributed by atoms with Crippen LogP contribution in [0.1, 0.15) is 37.3 Å². The highest BCUT2D eigenvalue weighted by molar-refractivity contribution is 5.94. The fraction of sp³-hybridized carbons (Fsp3) is 0.435. The van der Waals surface area contributed by atoms with Gasteiger partial charge in [0.2, 0.25) is 11.8 Å². The Labute approximate surface area is 181 Å². The number of amides is 2. The van der Waals surface area contributed by atoms with Crippen LogP contribution in [0.5, 0.6) is 11.5 Å². The van der Waals surface area contributed by atoms with Crippen LogP contribution in [-0.2, 0) is 22.4 Å². The summed E-state index contributed by atoms with van der Waals surface area (Å²) >= 11 is 0. The second kappa shape index (κ2) is 9.03. The number of hydrogen-bond donors (Lipinski definition) is 4. The van der Waals surface area contributed by atoms with Crippen molar-refractivity contribution in [1.29, 1.82) is 0 Å². The molecule has 8 nitrogen and oxygen atoms in total. The van der Waals surface area contributed by atoms with Crippen molar-refractivity contribution in [2.24, 2.45) is 11.3 Å². The van der Waals surface area contributed by atoms with E-state index < -0.39 is 5.41 Å². The van der Waals surface area contributed by atoms with Gasteiger partial charge in [-0.15, -0.1) is 0 Å². The van der Waals surface area contributed by atoms with E-state index in [4.69, 9.17) is 9.94 Å². The predicted octanol–water partition coefficient (Wildman–Crippen LogP) is 2.81. The number of ether oxygens (including phenoxy) is 1. The molecule has 0 bridgehead atoms. The summed E-state index contributed by atoms with van der Waals surface area (Å²) in [7, 11) is 0. The van der Waals surface area contributed by atoms with E-state index in [-0.39, 0.29) is 17.7 Å².